The lowest BCUT2D eigenvalue weighted by Gasteiger charge is -2.26. The number of furan rings is 1. The van der Waals surface area contributed by atoms with Gasteiger partial charge < -0.3 is 13.7 Å². The van der Waals surface area contributed by atoms with Gasteiger partial charge >= 0.3 is 0 Å². The molecule has 10 aromatic rings. The largest absolute Gasteiger partial charge is 0.454 e. The van der Waals surface area contributed by atoms with Crippen LogP contribution in [0.3, 0.4) is 0 Å². The van der Waals surface area contributed by atoms with Crippen LogP contribution in [0.2, 0.25) is 0 Å². The maximum Gasteiger partial charge on any atom is 0.227 e. The van der Waals surface area contributed by atoms with Gasteiger partial charge in [0.05, 0.1) is 5.69 Å². The fourth-order valence-corrected chi connectivity index (χ4v) is 7.23. The fourth-order valence-electron chi connectivity index (χ4n) is 7.23. The Morgan fingerprint density at radius 2 is 1.08 bits per heavy atom. The molecule has 240 valence electrons. The van der Waals surface area contributed by atoms with Crippen LogP contribution in [-0.4, -0.2) is 4.98 Å². The molecule has 2 aromatic heterocycles. The van der Waals surface area contributed by atoms with Crippen molar-refractivity contribution in [3.05, 3.63) is 182 Å². The van der Waals surface area contributed by atoms with Crippen molar-refractivity contribution in [3.63, 3.8) is 0 Å². The number of anilines is 3. The molecule has 8 aromatic carbocycles. The summed E-state index contributed by atoms with van der Waals surface area (Å²) in [5, 5.41) is 4.44. The highest BCUT2D eigenvalue weighted by Gasteiger charge is 2.21. The van der Waals surface area contributed by atoms with E-state index in [2.05, 4.69) is 144 Å². The molecule has 0 bridgehead atoms. The third kappa shape index (κ3) is 5.04. The molecule has 4 heteroatoms. The predicted molar refractivity (Wildman–Crippen MR) is 210 cm³/mol. The second kappa shape index (κ2) is 11.9. The number of hydrogen-bond acceptors (Lipinski definition) is 4. The molecule has 0 unspecified atom stereocenters. The van der Waals surface area contributed by atoms with Crippen molar-refractivity contribution in [2.75, 3.05) is 4.90 Å². The van der Waals surface area contributed by atoms with Crippen LogP contribution in [0, 0.1) is 0 Å². The van der Waals surface area contributed by atoms with E-state index < -0.39 is 0 Å². The van der Waals surface area contributed by atoms with E-state index in [9.17, 15) is 0 Å². The predicted octanol–water partition coefficient (Wildman–Crippen LogP) is 13.4. The quantitative estimate of drug-likeness (QED) is 0.179. The van der Waals surface area contributed by atoms with E-state index in [0.717, 1.165) is 66.8 Å². The van der Waals surface area contributed by atoms with Gasteiger partial charge in [-0.3, -0.25) is 0 Å². The summed E-state index contributed by atoms with van der Waals surface area (Å²) in [6.45, 7) is 0. The maximum absolute atomic E-state index is 6.77. The van der Waals surface area contributed by atoms with Crippen LogP contribution in [0.15, 0.2) is 191 Å². The summed E-state index contributed by atoms with van der Waals surface area (Å²) >= 11 is 0. The first kappa shape index (κ1) is 29.0. The molecule has 0 N–H and O–H groups in total. The molecule has 0 aliphatic heterocycles. The molecule has 0 aliphatic carbocycles. The van der Waals surface area contributed by atoms with Gasteiger partial charge in [0.1, 0.15) is 11.1 Å². The van der Waals surface area contributed by atoms with Crippen LogP contribution in [0.5, 0.6) is 0 Å². The lowest BCUT2D eigenvalue weighted by molar-refractivity contribution is 0.620. The van der Waals surface area contributed by atoms with Gasteiger partial charge in [-0.1, -0.05) is 127 Å². The van der Waals surface area contributed by atoms with Gasteiger partial charge in [0, 0.05) is 33.8 Å². The summed E-state index contributed by atoms with van der Waals surface area (Å²) in [7, 11) is 0. The normalized spacial score (nSPS) is 11.5. The number of fused-ring (bicyclic) bond motifs is 5. The second-order valence-corrected chi connectivity index (χ2v) is 12.8. The molecular weight excluding hydrogens is 625 g/mol. The number of rotatable bonds is 6. The Morgan fingerprint density at radius 1 is 0.412 bits per heavy atom. The number of nitrogens with zero attached hydrogens (tertiary/aromatic N) is 2. The van der Waals surface area contributed by atoms with Gasteiger partial charge in [-0.15, -0.1) is 0 Å². The highest BCUT2D eigenvalue weighted by Crippen LogP contribution is 2.44. The van der Waals surface area contributed by atoms with Gasteiger partial charge in [-0.2, -0.15) is 0 Å². The van der Waals surface area contributed by atoms with E-state index >= 15 is 0 Å². The van der Waals surface area contributed by atoms with Gasteiger partial charge in [0.25, 0.3) is 0 Å². The molecule has 0 aliphatic rings. The van der Waals surface area contributed by atoms with Gasteiger partial charge in [0.2, 0.25) is 5.89 Å². The molecule has 51 heavy (non-hydrogen) atoms. The summed E-state index contributed by atoms with van der Waals surface area (Å²) in [6, 6.07) is 63.5. The third-order valence-electron chi connectivity index (χ3n) is 9.69. The smallest absolute Gasteiger partial charge is 0.227 e. The van der Waals surface area contributed by atoms with E-state index in [4.69, 9.17) is 13.8 Å². The Labute approximate surface area is 294 Å². The lowest BCUT2D eigenvalue weighted by Crippen LogP contribution is -2.10. The first-order valence-corrected chi connectivity index (χ1v) is 17.1. The van der Waals surface area contributed by atoms with Crippen LogP contribution in [0.4, 0.5) is 17.1 Å². The molecule has 4 nitrogen and oxygen atoms in total. The number of aromatic nitrogens is 1. The second-order valence-electron chi connectivity index (χ2n) is 12.8. The monoisotopic (exact) mass is 654 g/mol. The molecule has 10 rings (SSSR count). The first-order valence-electron chi connectivity index (χ1n) is 17.1. The minimum Gasteiger partial charge on any atom is -0.454 e. The van der Waals surface area contributed by atoms with Crippen LogP contribution >= 0.6 is 0 Å². The van der Waals surface area contributed by atoms with E-state index in [1.807, 2.05) is 42.5 Å². The molecule has 0 radical (unpaired) electrons. The maximum atomic E-state index is 6.77. The topological polar surface area (TPSA) is 42.4 Å². The van der Waals surface area contributed by atoms with E-state index in [1.165, 1.54) is 21.9 Å². The molecular formula is C47H30N2O2. The zero-order valence-corrected chi connectivity index (χ0v) is 27.5. The minimum atomic E-state index is 0.597. The molecule has 0 spiro atoms. The first-order chi connectivity index (χ1) is 25.3. The average molecular weight is 655 g/mol. The van der Waals surface area contributed by atoms with Crippen molar-refractivity contribution in [3.8, 4) is 33.7 Å². The Bertz CT molecular complexity index is 2850. The SMILES string of the molecule is c1ccc(-c2ccc(N(c3cccc(-c4cccc5ccccc45)c3)c3cccc4c3oc3cc5nc(-c6ccccc6)oc5cc34)cc2)cc1. The van der Waals surface area contributed by atoms with Crippen LogP contribution in [-0.2, 0) is 0 Å². The Morgan fingerprint density at radius 3 is 1.92 bits per heavy atom. The molecule has 0 atom stereocenters. The van der Waals surface area contributed by atoms with Crippen molar-refractivity contribution in [1.82, 2.24) is 4.98 Å². The van der Waals surface area contributed by atoms with Gasteiger partial charge in [-0.25, -0.2) is 4.98 Å². The Kier molecular flexibility index (Phi) is 6.78. The van der Waals surface area contributed by atoms with E-state index in [0.29, 0.717) is 5.89 Å². The number of hydrogen-bond donors (Lipinski definition) is 0. The van der Waals surface area contributed by atoms with Gasteiger partial charge in [-0.05, 0) is 81.6 Å². The standard InChI is InChI=1S/C47H30N2O2/c1-3-12-31(13-4-1)32-24-26-36(27-25-32)49(37-19-9-18-35(28-37)39-21-10-17-33-14-7-8-20-38(33)39)43-23-11-22-40-41-29-45-42(30-44(41)50-46(40)43)48-47(51-45)34-15-5-2-6-16-34/h1-30H. The molecule has 0 saturated carbocycles. The zero-order valence-electron chi connectivity index (χ0n) is 27.5. The number of benzene rings is 8. The fraction of sp³-hybridized carbons (Fsp3) is 0. The highest BCUT2D eigenvalue weighted by molar-refractivity contribution is 6.13. The van der Waals surface area contributed by atoms with Gasteiger partial charge in [0.15, 0.2) is 11.2 Å². The summed E-state index contributed by atoms with van der Waals surface area (Å²) in [4.78, 5) is 7.11. The van der Waals surface area contributed by atoms with Crippen molar-refractivity contribution < 1.29 is 8.83 Å². The highest BCUT2D eigenvalue weighted by atomic mass is 16.4. The zero-order chi connectivity index (χ0) is 33.7. The van der Waals surface area contributed by atoms with Crippen molar-refractivity contribution in [1.29, 1.82) is 0 Å². The van der Waals surface area contributed by atoms with Crippen LogP contribution in [0.1, 0.15) is 0 Å². The van der Waals surface area contributed by atoms with E-state index in [1.54, 1.807) is 0 Å². The number of oxazole rings is 1. The summed E-state index contributed by atoms with van der Waals surface area (Å²) in [5.41, 5.74) is 11.7. The summed E-state index contributed by atoms with van der Waals surface area (Å²) in [5.74, 6) is 0.597. The third-order valence-corrected chi connectivity index (χ3v) is 9.69. The Hall–Kier alpha value is -6.91. The summed E-state index contributed by atoms with van der Waals surface area (Å²) in [6.07, 6.45) is 0. The van der Waals surface area contributed by atoms with Crippen molar-refractivity contribution in [2.45, 2.75) is 0 Å². The average Bonchev–Trinajstić information content (AvgIpc) is 3.79. The lowest BCUT2D eigenvalue weighted by atomic mass is 9.97. The van der Waals surface area contributed by atoms with Crippen molar-refractivity contribution in [2.24, 2.45) is 0 Å². The van der Waals surface area contributed by atoms with Crippen LogP contribution < -0.4 is 4.90 Å². The number of para-hydroxylation sites is 1. The molecule has 0 saturated heterocycles. The molecule has 2 heterocycles. The minimum absolute atomic E-state index is 0.597. The molecule has 0 amide bonds. The Balaban J connectivity index is 1.15. The van der Waals surface area contributed by atoms with E-state index in [-0.39, 0.29) is 0 Å². The van der Waals surface area contributed by atoms with Crippen molar-refractivity contribution >= 4 is 60.9 Å². The summed E-state index contributed by atoms with van der Waals surface area (Å²) < 4.78 is 13.0. The molecule has 0 fully saturated rings. The van der Waals surface area contributed by atoms with Crippen LogP contribution in [0.25, 0.3) is 77.5 Å².